The quantitative estimate of drug-likeness (QED) is 0.385. The van der Waals surface area contributed by atoms with Crippen LogP contribution in [-0.2, 0) is 0 Å². The van der Waals surface area contributed by atoms with Crippen molar-refractivity contribution >= 4 is 39.3 Å². The van der Waals surface area contributed by atoms with E-state index in [0.717, 1.165) is 31.4 Å². The third kappa shape index (κ3) is 4.04. The topological polar surface area (TPSA) is 87.5 Å². The Balaban J connectivity index is 1.31. The Labute approximate surface area is 205 Å². The van der Waals surface area contributed by atoms with Gasteiger partial charge in [0.1, 0.15) is 22.8 Å². The van der Waals surface area contributed by atoms with Crippen LogP contribution >= 0.6 is 0 Å². The Morgan fingerprint density at radius 3 is 2.42 bits per heavy atom. The SMILES string of the molecule is O=C(O)c1cn(C2CC2)c2nc3cc(N4CCC(Nc5ccc(F)cc5)CC4)c(F)cc3cc2c1=O. The predicted octanol–water partition coefficient (Wildman–Crippen LogP) is 4.94. The van der Waals surface area contributed by atoms with E-state index in [0.29, 0.717) is 35.3 Å². The van der Waals surface area contributed by atoms with Gasteiger partial charge in [-0.1, -0.05) is 0 Å². The summed E-state index contributed by atoms with van der Waals surface area (Å²) in [6.07, 6.45) is 4.75. The van der Waals surface area contributed by atoms with E-state index in [-0.39, 0.29) is 28.9 Å². The number of nitrogens with one attached hydrogen (secondary N) is 1. The summed E-state index contributed by atoms with van der Waals surface area (Å²) in [6, 6.07) is 11.2. The van der Waals surface area contributed by atoms with E-state index >= 15 is 4.39 Å². The van der Waals surface area contributed by atoms with Crippen LogP contribution in [0.15, 0.2) is 53.5 Å². The van der Waals surface area contributed by atoms with Gasteiger partial charge in [-0.2, -0.15) is 0 Å². The van der Waals surface area contributed by atoms with Gasteiger partial charge in [0.25, 0.3) is 0 Å². The van der Waals surface area contributed by atoms with Crippen molar-refractivity contribution in [1.82, 2.24) is 9.55 Å². The zero-order valence-electron chi connectivity index (χ0n) is 19.4. The van der Waals surface area contributed by atoms with Crippen LogP contribution in [0.25, 0.3) is 21.9 Å². The van der Waals surface area contributed by atoms with E-state index in [1.54, 1.807) is 28.8 Å². The lowest BCUT2D eigenvalue weighted by molar-refractivity contribution is 0.0695. The summed E-state index contributed by atoms with van der Waals surface area (Å²) in [6.45, 7) is 1.28. The minimum absolute atomic E-state index is 0.115. The largest absolute Gasteiger partial charge is 0.477 e. The number of carboxylic acids is 1. The lowest BCUT2D eigenvalue weighted by Gasteiger charge is -2.34. The first-order chi connectivity index (χ1) is 17.4. The molecule has 1 saturated heterocycles. The van der Waals surface area contributed by atoms with Gasteiger partial charge in [-0.25, -0.2) is 18.6 Å². The third-order valence-electron chi connectivity index (χ3n) is 7.09. The molecule has 0 unspecified atom stereocenters. The lowest BCUT2D eigenvalue weighted by atomic mass is 10.0. The van der Waals surface area contributed by atoms with E-state index in [4.69, 9.17) is 4.98 Å². The van der Waals surface area contributed by atoms with Gasteiger partial charge in [0.15, 0.2) is 0 Å². The molecule has 0 bridgehead atoms. The summed E-state index contributed by atoms with van der Waals surface area (Å²) in [5, 5.41) is 13.5. The molecule has 2 aromatic carbocycles. The van der Waals surface area contributed by atoms with Crippen LogP contribution in [0.4, 0.5) is 20.2 Å². The number of aromatic carboxylic acids is 1. The smallest absolute Gasteiger partial charge is 0.341 e. The van der Waals surface area contributed by atoms with Gasteiger partial charge in [-0.15, -0.1) is 0 Å². The summed E-state index contributed by atoms with van der Waals surface area (Å²) >= 11 is 0. The second kappa shape index (κ2) is 8.58. The normalized spacial score (nSPS) is 16.6. The highest BCUT2D eigenvalue weighted by molar-refractivity contribution is 5.97. The first-order valence-electron chi connectivity index (χ1n) is 12.1. The summed E-state index contributed by atoms with van der Waals surface area (Å²) < 4.78 is 30.1. The molecule has 2 aliphatic rings. The number of piperidine rings is 1. The summed E-state index contributed by atoms with van der Waals surface area (Å²) in [4.78, 5) is 31.1. The van der Waals surface area contributed by atoms with Gasteiger partial charge in [0, 0.05) is 42.4 Å². The molecule has 3 heterocycles. The van der Waals surface area contributed by atoms with Crippen LogP contribution in [0.1, 0.15) is 42.1 Å². The average molecular weight is 491 g/mol. The average Bonchev–Trinajstić information content (AvgIpc) is 3.70. The van der Waals surface area contributed by atoms with Crippen molar-refractivity contribution in [2.75, 3.05) is 23.3 Å². The zero-order chi connectivity index (χ0) is 25.0. The minimum atomic E-state index is -1.28. The van der Waals surface area contributed by atoms with Gasteiger partial charge in [0.05, 0.1) is 16.6 Å². The van der Waals surface area contributed by atoms with Crippen molar-refractivity contribution in [3.8, 4) is 0 Å². The molecule has 6 rings (SSSR count). The molecule has 1 aliphatic heterocycles. The molecule has 2 N–H and O–H groups in total. The number of anilines is 2. The van der Waals surface area contributed by atoms with Gasteiger partial charge in [-0.05, 0) is 68.1 Å². The highest BCUT2D eigenvalue weighted by Crippen LogP contribution is 2.37. The van der Waals surface area contributed by atoms with E-state index in [2.05, 4.69) is 5.32 Å². The predicted molar refractivity (Wildman–Crippen MR) is 134 cm³/mol. The molecule has 7 nitrogen and oxygen atoms in total. The minimum Gasteiger partial charge on any atom is -0.477 e. The highest BCUT2D eigenvalue weighted by atomic mass is 19.1. The van der Waals surface area contributed by atoms with Crippen molar-refractivity contribution in [3.63, 3.8) is 0 Å². The molecule has 1 aliphatic carbocycles. The first-order valence-corrected chi connectivity index (χ1v) is 12.1. The van der Waals surface area contributed by atoms with Crippen LogP contribution in [0.2, 0.25) is 0 Å². The number of pyridine rings is 2. The Morgan fingerprint density at radius 1 is 1.03 bits per heavy atom. The second-order valence-electron chi connectivity index (χ2n) is 9.58. The van der Waals surface area contributed by atoms with Crippen LogP contribution in [0.3, 0.4) is 0 Å². The Bertz CT molecular complexity index is 1560. The zero-order valence-corrected chi connectivity index (χ0v) is 19.4. The number of hydrogen-bond donors (Lipinski definition) is 2. The Hall–Kier alpha value is -4.01. The molecular weight excluding hydrogens is 466 g/mol. The number of aromatic nitrogens is 2. The van der Waals surface area contributed by atoms with Crippen molar-refractivity contribution in [1.29, 1.82) is 0 Å². The summed E-state index contributed by atoms with van der Waals surface area (Å²) in [7, 11) is 0. The Kier molecular flexibility index (Phi) is 5.35. The van der Waals surface area contributed by atoms with Gasteiger partial charge in [0.2, 0.25) is 5.43 Å². The summed E-state index contributed by atoms with van der Waals surface area (Å²) in [5.74, 6) is -1.97. The third-order valence-corrected chi connectivity index (χ3v) is 7.09. The lowest BCUT2D eigenvalue weighted by Crippen LogP contribution is -2.39. The van der Waals surface area contributed by atoms with Crippen molar-refractivity contribution in [2.24, 2.45) is 0 Å². The number of fused-ring (bicyclic) bond motifs is 2. The maximum Gasteiger partial charge on any atom is 0.341 e. The molecule has 184 valence electrons. The molecule has 2 fully saturated rings. The van der Waals surface area contributed by atoms with Crippen molar-refractivity contribution in [3.05, 3.63) is 76.1 Å². The van der Waals surface area contributed by atoms with Crippen LogP contribution in [0.5, 0.6) is 0 Å². The molecule has 0 amide bonds. The number of halogens is 2. The number of benzene rings is 2. The first kappa shape index (κ1) is 22.5. The summed E-state index contributed by atoms with van der Waals surface area (Å²) in [5.41, 5.74) is 1.39. The molecule has 0 atom stereocenters. The van der Waals surface area contributed by atoms with E-state index in [9.17, 15) is 19.1 Å². The number of carboxylic acid groups (broad SMARTS) is 1. The van der Waals surface area contributed by atoms with E-state index < -0.39 is 17.2 Å². The Morgan fingerprint density at radius 2 is 1.75 bits per heavy atom. The van der Waals surface area contributed by atoms with Crippen LogP contribution in [-0.4, -0.2) is 39.8 Å². The maximum absolute atomic E-state index is 15.2. The standard InChI is InChI=1S/C27H24F2N4O3/c28-16-1-3-17(4-2-16)30-18-7-9-32(10-8-18)24-13-23-15(12-22(24)29)11-20-25(34)21(27(35)36)14-33(19-5-6-19)26(20)31-23/h1-4,11-14,18-19,30H,5-10H2,(H,35,36). The van der Waals surface area contributed by atoms with E-state index in [1.807, 2.05) is 4.90 Å². The highest BCUT2D eigenvalue weighted by Gasteiger charge is 2.28. The molecule has 0 spiro atoms. The molecule has 2 aromatic heterocycles. The van der Waals surface area contributed by atoms with Crippen LogP contribution < -0.4 is 15.6 Å². The molecule has 36 heavy (non-hydrogen) atoms. The molecule has 0 radical (unpaired) electrons. The number of nitrogens with zero attached hydrogens (tertiary/aromatic N) is 3. The number of carbonyl (C=O) groups is 1. The second-order valence-corrected chi connectivity index (χ2v) is 9.58. The van der Waals surface area contributed by atoms with Crippen molar-refractivity contribution < 1.29 is 18.7 Å². The number of rotatable bonds is 5. The fourth-order valence-corrected chi connectivity index (χ4v) is 5.01. The monoisotopic (exact) mass is 490 g/mol. The molecular formula is C27H24F2N4O3. The molecule has 4 aromatic rings. The van der Waals surface area contributed by atoms with Crippen LogP contribution in [0, 0.1) is 11.6 Å². The molecule has 1 saturated carbocycles. The fraction of sp³-hybridized carbons (Fsp3) is 0.296. The molecule has 9 heteroatoms. The fourth-order valence-electron chi connectivity index (χ4n) is 5.01. The van der Waals surface area contributed by atoms with Crippen molar-refractivity contribution in [2.45, 2.75) is 37.8 Å². The van der Waals surface area contributed by atoms with Gasteiger partial charge >= 0.3 is 5.97 Å². The maximum atomic E-state index is 15.2. The van der Waals surface area contributed by atoms with E-state index in [1.165, 1.54) is 24.4 Å². The number of hydrogen-bond acceptors (Lipinski definition) is 5. The van der Waals surface area contributed by atoms with Gasteiger partial charge < -0.3 is 19.9 Å². The van der Waals surface area contributed by atoms with Gasteiger partial charge in [-0.3, -0.25) is 4.79 Å².